The topological polar surface area (TPSA) is 67.9 Å². The van der Waals surface area contributed by atoms with Crippen molar-refractivity contribution in [1.82, 2.24) is 10.2 Å². The number of ether oxygens (including phenoxy) is 2. The molecule has 6 nitrogen and oxygen atoms in total. The Morgan fingerprint density at radius 1 is 1.29 bits per heavy atom. The smallest absolute Gasteiger partial charge is 0.306 e. The fraction of sp³-hybridized carbons (Fsp3) is 0.467. The number of methoxy groups -OCH3 is 2. The third-order valence-corrected chi connectivity index (χ3v) is 2.96. The zero-order valence-corrected chi connectivity index (χ0v) is 12.7. The van der Waals surface area contributed by atoms with Crippen LogP contribution in [-0.2, 0) is 20.9 Å². The van der Waals surface area contributed by atoms with Crippen molar-refractivity contribution in [3.8, 4) is 5.75 Å². The number of likely N-dealkylation sites (N-methyl/N-ethyl adjacent to an activating group) is 1. The summed E-state index contributed by atoms with van der Waals surface area (Å²) in [6, 6.07) is 7.53. The molecule has 0 aliphatic heterocycles. The molecule has 1 aromatic carbocycles. The van der Waals surface area contributed by atoms with Gasteiger partial charge in [-0.25, -0.2) is 0 Å². The number of esters is 1. The van der Waals surface area contributed by atoms with Gasteiger partial charge >= 0.3 is 5.97 Å². The Morgan fingerprint density at radius 3 is 2.71 bits per heavy atom. The average molecular weight is 294 g/mol. The molecule has 0 aliphatic rings. The zero-order chi connectivity index (χ0) is 15.7. The normalized spacial score (nSPS) is 10.3. The van der Waals surface area contributed by atoms with E-state index in [0.717, 1.165) is 11.3 Å². The van der Waals surface area contributed by atoms with E-state index in [9.17, 15) is 9.59 Å². The summed E-state index contributed by atoms with van der Waals surface area (Å²) >= 11 is 0. The van der Waals surface area contributed by atoms with Crippen LogP contribution >= 0.6 is 0 Å². The highest BCUT2D eigenvalue weighted by atomic mass is 16.5. The predicted molar refractivity (Wildman–Crippen MR) is 79.0 cm³/mol. The molecule has 0 saturated heterocycles. The van der Waals surface area contributed by atoms with E-state index < -0.39 is 0 Å². The largest absolute Gasteiger partial charge is 0.497 e. The summed E-state index contributed by atoms with van der Waals surface area (Å²) in [4.78, 5) is 24.6. The van der Waals surface area contributed by atoms with Gasteiger partial charge in [-0.3, -0.25) is 14.5 Å². The number of hydrogen-bond acceptors (Lipinski definition) is 5. The quantitative estimate of drug-likeness (QED) is 0.719. The first-order valence-electron chi connectivity index (χ1n) is 6.70. The van der Waals surface area contributed by atoms with Gasteiger partial charge in [0.25, 0.3) is 0 Å². The number of hydrogen-bond donors (Lipinski definition) is 1. The summed E-state index contributed by atoms with van der Waals surface area (Å²) in [7, 11) is 4.74. The van der Waals surface area contributed by atoms with Gasteiger partial charge in [-0.2, -0.15) is 0 Å². The molecule has 1 rings (SSSR count). The van der Waals surface area contributed by atoms with Gasteiger partial charge < -0.3 is 14.8 Å². The lowest BCUT2D eigenvalue weighted by Crippen LogP contribution is -2.35. The van der Waals surface area contributed by atoms with Crippen LogP contribution < -0.4 is 10.1 Å². The Balaban J connectivity index is 2.31. The van der Waals surface area contributed by atoms with Crippen LogP contribution in [0.3, 0.4) is 0 Å². The minimum Gasteiger partial charge on any atom is -0.497 e. The van der Waals surface area contributed by atoms with Crippen molar-refractivity contribution < 1.29 is 19.1 Å². The van der Waals surface area contributed by atoms with E-state index in [2.05, 4.69) is 10.1 Å². The molecule has 0 radical (unpaired) electrons. The third kappa shape index (κ3) is 6.76. The maximum Gasteiger partial charge on any atom is 0.306 e. The lowest BCUT2D eigenvalue weighted by molar-refractivity contribution is -0.141. The molecule has 0 heterocycles. The fourth-order valence-electron chi connectivity index (χ4n) is 1.75. The van der Waals surface area contributed by atoms with Crippen molar-refractivity contribution in [2.45, 2.75) is 13.0 Å². The van der Waals surface area contributed by atoms with Crippen LogP contribution in [0.15, 0.2) is 24.3 Å². The Bertz CT molecular complexity index is 476. The van der Waals surface area contributed by atoms with Crippen molar-refractivity contribution in [3.63, 3.8) is 0 Å². The van der Waals surface area contributed by atoms with E-state index >= 15 is 0 Å². The Morgan fingerprint density at radius 2 is 2.05 bits per heavy atom. The van der Waals surface area contributed by atoms with E-state index in [1.54, 1.807) is 19.1 Å². The van der Waals surface area contributed by atoms with Gasteiger partial charge in [0.1, 0.15) is 5.75 Å². The summed E-state index contributed by atoms with van der Waals surface area (Å²) in [5.74, 6) is 0.390. The summed E-state index contributed by atoms with van der Waals surface area (Å²) in [5, 5.41) is 2.83. The first kappa shape index (κ1) is 17.0. The molecule has 6 heteroatoms. The number of benzene rings is 1. The van der Waals surface area contributed by atoms with Gasteiger partial charge in [0.05, 0.1) is 27.2 Å². The van der Waals surface area contributed by atoms with E-state index in [4.69, 9.17) is 4.74 Å². The highest BCUT2D eigenvalue weighted by Gasteiger charge is 2.08. The molecular formula is C15H22N2O4. The zero-order valence-electron chi connectivity index (χ0n) is 12.7. The number of nitrogens with one attached hydrogen (secondary N) is 1. The second-order valence-corrected chi connectivity index (χ2v) is 4.69. The first-order valence-corrected chi connectivity index (χ1v) is 6.70. The molecule has 0 bridgehead atoms. The molecule has 0 aliphatic carbocycles. The molecular weight excluding hydrogens is 272 g/mol. The van der Waals surface area contributed by atoms with E-state index in [0.29, 0.717) is 13.1 Å². The Labute approximate surface area is 125 Å². The molecule has 1 N–H and O–H groups in total. The summed E-state index contributed by atoms with van der Waals surface area (Å²) < 4.78 is 9.68. The number of nitrogens with zero attached hydrogens (tertiary/aromatic N) is 1. The van der Waals surface area contributed by atoms with Crippen LogP contribution in [0.25, 0.3) is 0 Å². The molecule has 116 valence electrons. The van der Waals surface area contributed by atoms with Crippen LogP contribution in [0.4, 0.5) is 0 Å². The van der Waals surface area contributed by atoms with Crippen LogP contribution in [0, 0.1) is 0 Å². The second kappa shape index (κ2) is 8.97. The lowest BCUT2D eigenvalue weighted by atomic mass is 10.2. The van der Waals surface area contributed by atoms with E-state index in [-0.39, 0.29) is 24.8 Å². The van der Waals surface area contributed by atoms with Crippen LogP contribution in [0.5, 0.6) is 5.75 Å². The number of amides is 1. The number of rotatable bonds is 8. The lowest BCUT2D eigenvalue weighted by Gasteiger charge is -2.15. The monoisotopic (exact) mass is 294 g/mol. The van der Waals surface area contributed by atoms with E-state index in [1.165, 1.54) is 7.11 Å². The van der Waals surface area contributed by atoms with Gasteiger partial charge in [0, 0.05) is 13.1 Å². The third-order valence-electron chi connectivity index (χ3n) is 2.96. The highest BCUT2D eigenvalue weighted by Crippen LogP contribution is 2.11. The molecule has 0 unspecified atom stereocenters. The molecule has 0 fully saturated rings. The van der Waals surface area contributed by atoms with Crippen molar-refractivity contribution in [2.75, 3.05) is 34.4 Å². The van der Waals surface area contributed by atoms with Gasteiger partial charge in [-0.15, -0.1) is 0 Å². The van der Waals surface area contributed by atoms with Crippen LogP contribution in [-0.4, -0.2) is 51.1 Å². The van der Waals surface area contributed by atoms with Crippen molar-refractivity contribution >= 4 is 11.9 Å². The van der Waals surface area contributed by atoms with Gasteiger partial charge in [-0.1, -0.05) is 12.1 Å². The molecule has 0 atom stereocenters. The van der Waals surface area contributed by atoms with E-state index in [1.807, 2.05) is 24.3 Å². The number of carbonyl (C=O) groups is 2. The minimum absolute atomic E-state index is 0.0924. The van der Waals surface area contributed by atoms with Crippen molar-refractivity contribution in [3.05, 3.63) is 29.8 Å². The molecule has 21 heavy (non-hydrogen) atoms. The molecule has 1 aromatic rings. The predicted octanol–water partition coefficient (Wildman–Crippen LogP) is 0.806. The molecule has 1 amide bonds. The van der Waals surface area contributed by atoms with Crippen LogP contribution in [0.2, 0.25) is 0 Å². The molecule has 0 spiro atoms. The van der Waals surface area contributed by atoms with Gasteiger partial charge in [-0.05, 0) is 24.7 Å². The Hall–Kier alpha value is -2.08. The maximum absolute atomic E-state index is 11.8. The SMILES string of the molecule is COC(=O)CCN(C)CC(=O)NCc1cccc(OC)c1. The summed E-state index contributed by atoms with van der Waals surface area (Å²) in [6.45, 7) is 1.17. The van der Waals surface area contributed by atoms with Crippen molar-refractivity contribution in [1.29, 1.82) is 0 Å². The maximum atomic E-state index is 11.8. The van der Waals surface area contributed by atoms with Gasteiger partial charge in [0.2, 0.25) is 5.91 Å². The fourth-order valence-corrected chi connectivity index (χ4v) is 1.75. The van der Waals surface area contributed by atoms with Gasteiger partial charge in [0.15, 0.2) is 0 Å². The summed E-state index contributed by atoms with van der Waals surface area (Å²) in [5.41, 5.74) is 0.972. The highest BCUT2D eigenvalue weighted by molar-refractivity contribution is 5.78. The minimum atomic E-state index is -0.279. The molecule has 0 aromatic heterocycles. The summed E-state index contributed by atoms with van der Waals surface area (Å²) in [6.07, 6.45) is 0.274. The average Bonchev–Trinajstić information content (AvgIpc) is 2.50. The van der Waals surface area contributed by atoms with Crippen LogP contribution in [0.1, 0.15) is 12.0 Å². The Kier molecular flexibility index (Phi) is 7.25. The molecule has 0 saturated carbocycles. The van der Waals surface area contributed by atoms with Crippen molar-refractivity contribution in [2.24, 2.45) is 0 Å². The standard InChI is InChI=1S/C15H22N2O4/c1-17(8-7-15(19)21-3)11-14(18)16-10-12-5-4-6-13(9-12)20-2/h4-6,9H,7-8,10-11H2,1-3H3,(H,16,18). The second-order valence-electron chi connectivity index (χ2n) is 4.69. The first-order chi connectivity index (χ1) is 10.0. The number of carbonyl (C=O) groups excluding carboxylic acids is 2.